The lowest BCUT2D eigenvalue weighted by Gasteiger charge is -2.23. The summed E-state index contributed by atoms with van der Waals surface area (Å²) in [5, 5.41) is 20.7. The van der Waals surface area contributed by atoms with Crippen LogP contribution < -0.4 is 9.64 Å². The highest BCUT2D eigenvalue weighted by molar-refractivity contribution is 8.00. The molecule has 1 saturated heterocycles. The standard InChI is InChI=1S/C32H22ClN3O4S2/c33-23-16-14-21(15-17-23)28(37)26-27(22-10-7-13-25(18-22)40-24-11-5-2-6-12-24)36(30(39)29(26)38)31-34-35-32(42-31)41-19-20-8-3-1-4-9-20/h1-18,27,37H,19H2/b28-26-. The smallest absolute Gasteiger partial charge is 0.301 e. The number of amides is 1. The molecule has 1 N–H and O–H groups in total. The van der Waals surface area contributed by atoms with E-state index in [9.17, 15) is 14.7 Å². The van der Waals surface area contributed by atoms with Crippen LogP contribution in [0.15, 0.2) is 119 Å². The summed E-state index contributed by atoms with van der Waals surface area (Å²) >= 11 is 8.75. The van der Waals surface area contributed by atoms with E-state index in [1.54, 1.807) is 48.5 Å². The maximum atomic E-state index is 13.6. The molecule has 0 bridgehead atoms. The van der Waals surface area contributed by atoms with Crippen molar-refractivity contribution < 1.29 is 19.4 Å². The molecule has 6 rings (SSSR count). The summed E-state index contributed by atoms with van der Waals surface area (Å²) in [6.07, 6.45) is 0. The van der Waals surface area contributed by atoms with Gasteiger partial charge in [-0.15, -0.1) is 10.2 Å². The first-order valence-electron chi connectivity index (χ1n) is 12.9. The zero-order valence-electron chi connectivity index (χ0n) is 21.9. The molecule has 1 amide bonds. The van der Waals surface area contributed by atoms with Crippen LogP contribution in [-0.2, 0) is 15.3 Å². The van der Waals surface area contributed by atoms with Gasteiger partial charge in [0.2, 0.25) is 5.13 Å². The van der Waals surface area contributed by atoms with Gasteiger partial charge in [0, 0.05) is 16.3 Å². The lowest BCUT2D eigenvalue weighted by molar-refractivity contribution is -0.132. The Morgan fingerprint density at radius 2 is 1.57 bits per heavy atom. The van der Waals surface area contributed by atoms with Gasteiger partial charge in [-0.25, -0.2) is 0 Å². The zero-order valence-corrected chi connectivity index (χ0v) is 24.3. The van der Waals surface area contributed by atoms with Crippen LogP contribution in [0.3, 0.4) is 0 Å². The van der Waals surface area contributed by atoms with Gasteiger partial charge in [0.25, 0.3) is 5.78 Å². The lowest BCUT2D eigenvalue weighted by atomic mass is 9.95. The maximum absolute atomic E-state index is 13.6. The number of para-hydroxylation sites is 1. The third-order valence-electron chi connectivity index (χ3n) is 6.52. The van der Waals surface area contributed by atoms with E-state index in [0.717, 1.165) is 5.56 Å². The highest BCUT2D eigenvalue weighted by atomic mass is 35.5. The molecule has 10 heteroatoms. The molecule has 7 nitrogen and oxygen atoms in total. The number of ketones is 1. The summed E-state index contributed by atoms with van der Waals surface area (Å²) in [6, 6.07) is 31.7. The van der Waals surface area contributed by atoms with Gasteiger partial charge in [-0.3, -0.25) is 14.5 Å². The fraction of sp³-hybridized carbons (Fsp3) is 0.0625. The second-order valence-corrected chi connectivity index (χ2v) is 11.9. The summed E-state index contributed by atoms with van der Waals surface area (Å²) in [4.78, 5) is 28.4. The second kappa shape index (κ2) is 12.2. The van der Waals surface area contributed by atoms with Crippen molar-refractivity contribution in [2.24, 2.45) is 0 Å². The van der Waals surface area contributed by atoms with Crippen LogP contribution in [0.2, 0.25) is 5.02 Å². The van der Waals surface area contributed by atoms with Crippen molar-refractivity contribution in [1.82, 2.24) is 10.2 Å². The van der Waals surface area contributed by atoms with Gasteiger partial charge in [0.15, 0.2) is 4.34 Å². The first kappa shape index (κ1) is 27.7. The zero-order chi connectivity index (χ0) is 29.1. The van der Waals surface area contributed by atoms with E-state index in [1.807, 2.05) is 60.7 Å². The number of thioether (sulfide) groups is 1. The molecular formula is C32H22ClN3O4S2. The number of carbonyl (C=O) groups excluding carboxylic acids is 2. The molecular weight excluding hydrogens is 590 g/mol. The molecule has 1 aliphatic rings. The summed E-state index contributed by atoms with van der Waals surface area (Å²) in [7, 11) is 0. The van der Waals surface area contributed by atoms with Crippen LogP contribution in [0.25, 0.3) is 5.76 Å². The van der Waals surface area contributed by atoms with Crippen molar-refractivity contribution in [1.29, 1.82) is 0 Å². The number of aromatic nitrogens is 2. The molecule has 2 heterocycles. The Morgan fingerprint density at radius 1 is 0.881 bits per heavy atom. The highest BCUT2D eigenvalue weighted by Crippen LogP contribution is 2.45. The van der Waals surface area contributed by atoms with E-state index in [-0.39, 0.29) is 16.5 Å². The first-order chi connectivity index (χ1) is 20.5. The number of benzene rings is 4. The van der Waals surface area contributed by atoms with Crippen LogP contribution >= 0.6 is 34.7 Å². The van der Waals surface area contributed by atoms with Crippen LogP contribution in [-0.4, -0.2) is 27.0 Å². The number of carbonyl (C=O) groups is 2. The summed E-state index contributed by atoms with van der Waals surface area (Å²) < 4.78 is 6.68. The largest absolute Gasteiger partial charge is 0.507 e. The van der Waals surface area contributed by atoms with Crippen molar-refractivity contribution in [3.8, 4) is 11.5 Å². The van der Waals surface area contributed by atoms with Gasteiger partial charge >= 0.3 is 5.91 Å². The normalized spacial score (nSPS) is 16.1. The molecule has 5 aromatic rings. The third kappa shape index (κ3) is 5.80. The molecule has 1 unspecified atom stereocenters. The molecule has 0 saturated carbocycles. The Morgan fingerprint density at radius 3 is 2.31 bits per heavy atom. The number of anilines is 1. The minimum absolute atomic E-state index is 0.0622. The van der Waals surface area contributed by atoms with E-state index < -0.39 is 17.7 Å². The molecule has 1 aromatic heterocycles. The van der Waals surface area contributed by atoms with Crippen molar-refractivity contribution in [3.05, 3.63) is 136 Å². The quantitative estimate of drug-likeness (QED) is 0.0627. The fourth-order valence-electron chi connectivity index (χ4n) is 4.56. The SMILES string of the molecule is O=C1C(=O)N(c2nnc(SCc3ccccc3)s2)C(c2cccc(Oc3ccccc3)c2)/C1=C(/O)c1ccc(Cl)cc1. The van der Waals surface area contributed by atoms with Gasteiger partial charge in [0.1, 0.15) is 17.3 Å². The Bertz CT molecular complexity index is 1780. The Kier molecular flexibility index (Phi) is 8.05. The second-order valence-electron chi connectivity index (χ2n) is 9.29. The number of Topliss-reactive ketones (excluding diaryl/α,β-unsaturated/α-hetero) is 1. The monoisotopic (exact) mass is 611 g/mol. The number of hydrogen-bond donors (Lipinski definition) is 1. The van der Waals surface area contributed by atoms with E-state index >= 15 is 0 Å². The van der Waals surface area contributed by atoms with Gasteiger partial charge in [-0.05, 0) is 59.7 Å². The fourth-order valence-corrected chi connectivity index (χ4v) is 6.51. The molecule has 208 valence electrons. The molecule has 0 aliphatic carbocycles. The molecule has 1 atom stereocenters. The lowest BCUT2D eigenvalue weighted by Crippen LogP contribution is -2.29. The minimum atomic E-state index is -0.972. The number of aliphatic hydroxyl groups is 1. The van der Waals surface area contributed by atoms with Gasteiger partial charge in [-0.2, -0.15) is 0 Å². The number of rotatable bonds is 8. The highest BCUT2D eigenvalue weighted by Gasteiger charge is 2.48. The number of aliphatic hydroxyl groups excluding tert-OH is 1. The van der Waals surface area contributed by atoms with Crippen LogP contribution in [0, 0.1) is 0 Å². The van der Waals surface area contributed by atoms with E-state index in [2.05, 4.69) is 10.2 Å². The number of hydrogen-bond acceptors (Lipinski definition) is 8. The predicted octanol–water partition coefficient (Wildman–Crippen LogP) is 7.90. The van der Waals surface area contributed by atoms with Gasteiger partial charge in [0.05, 0.1) is 11.6 Å². The number of nitrogens with zero attached hydrogens (tertiary/aromatic N) is 3. The topological polar surface area (TPSA) is 92.6 Å². The summed E-state index contributed by atoms with van der Waals surface area (Å²) in [6.45, 7) is 0. The number of ether oxygens (including phenoxy) is 1. The first-order valence-corrected chi connectivity index (χ1v) is 15.1. The summed E-state index contributed by atoms with van der Waals surface area (Å²) in [5.41, 5.74) is 1.98. The minimum Gasteiger partial charge on any atom is -0.507 e. The average Bonchev–Trinajstić information content (AvgIpc) is 3.59. The van der Waals surface area contributed by atoms with E-state index in [0.29, 0.717) is 37.7 Å². The average molecular weight is 612 g/mol. The van der Waals surface area contributed by atoms with Crippen molar-refractivity contribution in [2.45, 2.75) is 16.1 Å². The number of halogens is 1. The van der Waals surface area contributed by atoms with Gasteiger partial charge < -0.3 is 9.84 Å². The van der Waals surface area contributed by atoms with Crippen molar-refractivity contribution >= 4 is 57.3 Å². The molecule has 4 aromatic carbocycles. The predicted molar refractivity (Wildman–Crippen MR) is 165 cm³/mol. The maximum Gasteiger partial charge on any atom is 0.301 e. The Hall–Kier alpha value is -4.44. The van der Waals surface area contributed by atoms with Crippen LogP contribution in [0.4, 0.5) is 5.13 Å². The third-order valence-corrected chi connectivity index (χ3v) is 8.90. The molecule has 42 heavy (non-hydrogen) atoms. The van der Waals surface area contributed by atoms with Crippen molar-refractivity contribution in [3.63, 3.8) is 0 Å². The van der Waals surface area contributed by atoms with Crippen LogP contribution in [0.1, 0.15) is 22.7 Å². The van der Waals surface area contributed by atoms with E-state index in [1.165, 1.54) is 28.0 Å². The molecule has 0 spiro atoms. The molecule has 1 aliphatic heterocycles. The Balaban J connectivity index is 1.40. The van der Waals surface area contributed by atoms with E-state index in [4.69, 9.17) is 16.3 Å². The Labute approximate surface area is 255 Å². The molecule has 1 fully saturated rings. The van der Waals surface area contributed by atoms with Gasteiger partial charge in [-0.1, -0.05) is 95.4 Å². The van der Waals surface area contributed by atoms with Crippen molar-refractivity contribution in [2.75, 3.05) is 4.90 Å². The molecule has 0 radical (unpaired) electrons. The van der Waals surface area contributed by atoms with Crippen LogP contribution in [0.5, 0.6) is 11.5 Å². The summed E-state index contributed by atoms with van der Waals surface area (Å²) in [5.74, 6) is -0.125.